The fourth-order valence-electron chi connectivity index (χ4n) is 2.98. The summed E-state index contributed by atoms with van der Waals surface area (Å²) in [5.41, 5.74) is 0. The van der Waals surface area contributed by atoms with Gasteiger partial charge >= 0.3 is 0 Å². The van der Waals surface area contributed by atoms with Crippen molar-refractivity contribution in [3.8, 4) is 5.75 Å². The molecular weight excluding hydrogens is 350 g/mol. The first-order valence-corrected chi connectivity index (χ1v) is 8.47. The minimum absolute atomic E-state index is 0.252. The van der Waals surface area contributed by atoms with E-state index in [9.17, 15) is 9.90 Å². The minimum atomic E-state index is -1.01. The van der Waals surface area contributed by atoms with Gasteiger partial charge in [0.25, 0.3) is 0 Å². The summed E-state index contributed by atoms with van der Waals surface area (Å²) in [5.74, 6) is -0.633. The van der Waals surface area contributed by atoms with Gasteiger partial charge in [-0.1, -0.05) is 11.6 Å². The Bertz CT molecular complexity index is 622. The maximum absolute atomic E-state index is 11.6. The van der Waals surface area contributed by atoms with Crippen molar-refractivity contribution in [1.29, 1.82) is 0 Å². The average Bonchev–Trinajstić information content (AvgIpc) is 2.53. The number of halogens is 1. The number of carbonyl (C=O) groups excluding carboxylic acids is 1. The van der Waals surface area contributed by atoms with Crippen LogP contribution in [0.25, 0.3) is 0 Å². The average molecular weight is 372 g/mol. The molecule has 2 saturated heterocycles. The Hall–Kier alpha value is -1.38. The topological polar surface area (TPSA) is 86.3 Å². The maximum Gasteiger partial charge on any atom is 0.223 e. The molecule has 138 valence electrons. The van der Waals surface area contributed by atoms with Gasteiger partial charge in [0.2, 0.25) is 12.2 Å². The lowest BCUT2D eigenvalue weighted by molar-refractivity contribution is -0.361. The molecule has 0 unspecified atom stereocenters. The minimum Gasteiger partial charge on any atom is -0.463 e. The van der Waals surface area contributed by atoms with Crippen LogP contribution in [0, 0.1) is 0 Å². The van der Waals surface area contributed by atoms with Crippen molar-refractivity contribution in [2.24, 2.45) is 0 Å². The molecule has 0 saturated carbocycles. The van der Waals surface area contributed by atoms with Crippen molar-refractivity contribution in [3.63, 3.8) is 0 Å². The Balaban J connectivity index is 1.80. The lowest BCUT2D eigenvalue weighted by Gasteiger charge is -2.49. The molecule has 25 heavy (non-hydrogen) atoms. The van der Waals surface area contributed by atoms with Crippen molar-refractivity contribution in [3.05, 3.63) is 29.3 Å². The Morgan fingerprint density at radius 3 is 2.68 bits per heavy atom. The Morgan fingerprint density at radius 1 is 1.36 bits per heavy atom. The third-order valence-electron chi connectivity index (χ3n) is 4.12. The number of nitrogens with one attached hydrogen (secondary N) is 1. The summed E-state index contributed by atoms with van der Waals surface area (Å²) in [7, 11) is 0. The van der Waals surface area contributed by atoms with Gasteiger partial charge in [0, 0.05) is 11.9 Å². The summed E-state index contributed by atoms with van der Waals surface area (Å²) in [5, 5.41) is 14.0. The summed E-state index contributed by atoms with van der Waals surface area (Å²) in [6.45, 7) is 5.15. The Labute approximate surface area is 151 Å². The second kappa shape index (κ2) is 7.09. The van der Waals surface area contributed by atoms with Crippen molar-refractivity contribution < 1.29 is 28.8 Å². The zero-order valence-electron chi connectivity index (χ0n) is 14.3. The van der Waals surface area contributed by atoms with Crippen LogP contribution in [-0.4, -0.2) is 54.1 Å². The van der Waals surface area contributed by atoms with E-state index in [2.05, 4.69) is 5.32 Å². The summed E-state index contributed by atoms with van der Waals surface area (Å²) in [6.07, 6.45) is -3.05. The third-order valence-corrected chi connectivity index (χ3v) is 4.38. The molecule has 0 aromatic heterocycles. The highest BCUT2D eigenvalue weighted by Crippen LogP contribution is 2.33. The first kappa shape index (κ1) is 18.4. The molecule has 3 rings (SSSR count). The zero-order chi connectivity index (χ0) is 18.2. The number of hydrogen-bond donors (Lipinski definition) is 2. The number of amides is 1. The van der Waals surface area contributed by atoms with Crippen LogP contribution in [-0.2, 0) is 19.0 Å². The second-order valence-corrected chi connectivity index (χ2v) is 7.06. The van der Waals surface area contributed by atoms with E-state index in [1.54, 1.807) is 38.1 Å². The molecule has 0 aliphatic carbocycles. The Morgan fingerprint density at radius 2 is 2.04 bits per heavy atom. The number of carbonyl (C=O) groups is 1. The molecule has 5 atom stereocenters. The molecule has 1 amide bonds. The number of hydrogen-bond acceptors (Lipinski definition) is 6. The highest BCUT2D eigenvalue weighted by molar-refractivity contribution is 6.30. The molecule has 2 aliphatic rings. The lowest BCUT2D eigenvalue weighted by Crippen LogP contribution is -2.69. The van der Waals surface area contributed by atoms with Crippen molar-refractivity contribution in [1.82, 2.24) is 5.32 Å². The van der Waals surface area contributed by atoms with Crippen molar-refractivity contribution >= 4 is 17.5 Å². The zero-order valence-corrected chi connectivity index (χ0v) is 15.0. The third kappa shape index (κ3) is 4.24. The molecule has 0 spiro atoms. The van der Waals surface area contributed by atoms with Gasteiger partial charge in [0.15, 0.2) is 5.79 Å². The first-order valence-electron chi connectivity index (χ1n) is 8.10. The van der Waals surface area contributed by atoms with Gasteiger partial charge in [-0.15, -0.1) is 0 Å². The standard InChI is InChI=1S/C17H22ClNO6/c1-9(20)19-13-14(21)15-12(8-22-17(2,3)25-15)24-16(13)23-11-6-4-10(18)5-7-11/h4-7,12-16,21H,8H2,1-3H3,(H,19,20)/t12-,13+,14+,15+,16-/m0/s1. The van der Waals surface area contributed by atoms with Gasteiger partial charge < -0.3 is 29.4 Å². The monoisotopic (exact) mass is 371 g/mol. The molecule has 2 aliphatic heterocycles. The van der Waals surface area contributed by atoms with E-state index < -0.39 is 36.4 Å². The SMILES string of the molecule is CC(=O)N[C@H]1[C@@H](Oc2ccc(Cl)cc2)O[C@H]2COC(C)(C)O[C@H]2[C@@H]1O. The second-order valence-electron chi connectivity index (χ2n) is 6.62. The van der Waals surface area contributed by atoms with E-state index in [0.717, 1.165) is 0 Å². The molecule has 8 heteroatoms. The molecule has 0 radical (unpaired) electrons. The molecule has 1 aromatic rings. The number of fused-ring (bicyclic) bond motifs is 1. The highest BCUT2D eigenvalue weighted by atomic mass is 35.5. The smallest absolute Gasteiger partial charge is 0.223 e. The first-order chi connectivity index (χ1) is 11.7. The number of aliphatic hydroxyl groups excluding tert-OH is 1. The van der Waals surface area contributed by atoms with E-state index >= 15 is 0 Å². The molecule has 2 heterocycles. The van der Waals surface area contributed by atoms with Crippen LogP contribution >= 0.6 is 11.6 Å². The molecule has 1 aromatic carbocycles. The van der Waals surface area contributed by atoms with E-state index in [1.165, 1.54) is 6.92 Å². The summed E-state index contributed by atoms with van der Waals surface area (Å²) in [6, 6.07) is 5.95. The molecule has 2 fully saturated rings. The van der Waals surface area contributed by atoms with Crippen LogP contribution in [0.2, 0.25) is 5.02 Å². The number of rotatable bonds is 3. The number of ether oxygens (including phenoxy) is 4. The van der Waals surface area contributed by atoms with Gasteiger partial charge in [0.05, 0.1) is 6.61 Å². The fraction of sp³-hybridized carbons (Fsp3) is 0.588. The maximum atomic E-state index is 11.6. The predicted octanol–water partition coefficient (Wildman–Crippen LogP) is 1.46. The molecule has 7 nitrogen and oxygen atoms in total. The van der Waals surface area contributed by atoms with E-state index in [4.69, 9.17) is 30.5 Å². The van der Waals surface area contributed by atoms with Crippen LogP contribution < -0.4 is 10.1 Å². The summed E-state index contributed by atoms with van der Waals surface area (Å²) in [4.78, 5) is 11.6. The predicted molar refractivity (Wildman–Crippen MR) is 89.3 cm³/mol. The highest BCUT2D eigenvalue weighted by Gasteiger charge is 2.52. The van der Waals surface area contributed by atoms with Gasteiger partial charge in [0.1, 0.15) is 30.1 Å². The number of benzene rings is 1. The fourth-order valence-corrected chi connectivity index (χ4v) is 3.11. The lowest BCUT2D eigenvalue weighted by atomic mass is 9.95. The van der Waals surface area contributed by atoms with E-state index in [0.29, 0.717) is 10.8 Å². The largest absolute Gasteiger partial charge is 0.463 e. The van der Waals surface area contributed by atoms with E-state index in [1.807, 2.05) is 0 Å². The summed E-state index contributed by atoms with van der Waals surface area (Å²) >= 11 is 5.88. The van der Waals surface area contributed by atoms with Gasteiger partial charge in [-0.25, -0.2) is 0 Å². The summed E-state index contributed by atoms with van der Waals surface area (Å²) < 4.78 is 23.1. The number of aliphatic hydroxyl groups is 1. The van der Waals surface area contributed by atoms with Crippen LogP contribution in [0.1, 0.15) is 20.8 Å². The molecule has 2 N–H and O–H groups in total. The van der Waals surface area contributed by atoms with Crippen molar-refractivity contribution in [2.45, 2.75) is 57.2 Å². The van der Waals surface area contributed by atoms with Gasteiger partial charge in [-0.2, -0.15) is 0 Å². The normalized spacial score (nSPS) is 34.0. The van der Waals surface area contributed by atoms with Gasteiger partial charge in [-0.05, 0) is 38.1 Å². The molecule has 0 bridgehead atoms. The Kier molecular flexibility index (Phi) is 5.22. The molecular formula is C17H22ClNO6. The van der Waals surface area contributed by atoms with Crippen LogP contribution in [0.15, 0.2) is 24.3 Å². The quantitative estimate of drug-likeness (QED) is 0.836. The van der Waals surface area contributed by atoms with Crippen LogP contribution in [0.3, 0.4) is 0 Å². The van der Waals surface area contributed by atoms with Gasteiger partial charge in [-0.3, -0.25) is 4.79 Å². The van der Waals surface area contributed by atoms with E-state index in [-0.39, 0.29) is 12.5 Å². The van der Waals surface area contributed by atoms with Crippen molar-refractivity contribution in [2.75, 3.05) is 6.61 Å². The van der Waals surface area contributed by atoms with Crippen LogP contribution in [0.5, 0.6) is 5.75 Å². The van der Waals surface area contributed by atoms with Crippen LogP contribution in [0.4, 0.5) is 0 Å².